The molecule has 1 aliphatic carbocycles. The molecule has 8 heteroatoms. The molecule has 3 aromatic rings. The first-order valence-electron chi connectivity index (χ1n) is 9.61. The molecule has 1 atom stereocenters. The normalized spacial score (nSPS) is 13.5. The zero-order chi connectivity index (χ0) is 21.3. The second kappa shape index (κ2) is 7.90. The van der Waals surface area contributed by atoms with Gasteiger partial charge in [0.15, 0.2) is 6.10 Å². The summed E-state index contributed by atoms with van der Waals surface area (Å²) in [4.78, 5) is 40.5. The number of carbonyl (C=O) groups is 2. The Morgan fingerprint density at radius 3 is 2.77 bits per heavy atom. The number of aryl methyl sites for hydroxylation is 1. The Labute approximate surface area is 172 Å². The second-order valence-electron chi connectivity index (χ2n) is 7.13. The van der Waals surface area contributed by atoms with Gasteiger partial charge in [-0.2, -0.15) is 0 Å². The Balaban J connectivity index is 1.55. The van der Waals surface area contributed by atoms with Gasteiger partial charge in [0.1, 0.15) is 0 Å². The third-order valence-corrected chi connectivity index (χ3v) is 5.10. The van der Waals surface area contributed by atoms with Crippen molar-refractivity contribution in [3.8, 4) is 0 Å². The van der Waals surface area contributed by atoms with E-state index in [2.05, 4.69) is 10.3 Å². The fourth-order valence-corrected chi connectivity index (χ4v) is 3.66. The van der Waals surface area contributed by atoms with E-state index in [0.29, 0.717) is 10.9 Å². The number of nitrogens with one attached hydrogen (secondary N) is 1. The fourth-order valence-electron chi connectivity index (χ4n) is 3.66. The summed E-state index contributed by atoms with van der Waals surface area (Å²) < 4.78 is 5.47. The van der Waals surface area contributed by atoms with Crippen LogP contribution in [0.2, 0.25) is 0 Å². The number of fused-ring (bicyclic) bond motifs is 2. The maximum atomic E-state index is 13.0. The summed E-state index contributed by atoms with van der Waals surface area (Å²) in [5.41, 5.74) is 3.07. The van der Waals surface area contributed by atoms with Crippen LogP contribution in [-0.4, -0.2) is 27.9 Å². The van der Waals surface area contributed by atoms with Crippen LogP contribution in [-0.2, 0) is 22.4 Å². The number of nitro benzene ring substituents is 1. The molecule has 1 aliphatic rings. The lowest BCUT2D eigenvalue weighted by Crippen LogP contribution is -2.30. The number of amides is 1. The third-order valence-electron chi connectivity index (χ3n) is 5.10. The van der Waals surface area contributed by atoms with Crippen LogP contribution in [0.5, 0.6) is 0 Å². The number of nitro groups is 1. The van der Waals surface area contributed by atoms with Gasteiger partial charge in [-0.3, -0.25) is 19.9 Å². The molecule has 1 heterocycles. The number of pyridine rings is 1. The quantitative estimate of drug-likeness (QED) is 0.392. The van der Waals surface area contributed by atoms with Gasteiger partial charge in [-0.15, -0.1) is 0 Å². The molecule has 152 valence electrons. The predicted molar refractivity (Wildman–Crippen MR) is 110 cm³/mol. The fraction of sp³-hybridized carbons (Fsp3) is 0.227. The van der Waals surface area contributed by atoms with Gasteiger partial charge in [-0.05, 0) is 43.9 Å². The molecule has 30 heavy (non-hydrogen) atoms. The summed E-state index contributed by atoms with van der Waals surface area (Å²) in [6.45, 7) is 1.47. The Bertz CT molecular complexity index is 1170. The molecule has 2 aromatic carbocycles. The van der Waals surface area contributed by atoms with Crippen LogP contribution in [0.1, 0.15) is 35.0 Å². The van der Waals surface area contributed by atoms with E-state index < -0.39 is 22.9 Å². The number of benzene rings is 2. The van der Waals surface area contributed by atoms with E-state index in [1.165, 1.54) is 31.2 Å². The van der Waals surface area contributed by atoms with Crippen molar-refractivity contribution in [2.24, 2.45) is 0 Å². The third kappa shape index (κ3) is 3.71. The summed E-state index contributed by atoms with van der Waals surface area (Å²) >= 11 is 0. The highest BCUT2D eigenvalue weighted by Crippen LogP contribution is 2.30. The number of aromatic nitrogens is 1. The maximum Gasteiger partial charge on any atom is 0.339 e. The molecule has 8 nitrogen and oxygen atoms in total. The first kappa shape index (κ1) is 19.5. The second-order valence-corrected chi connectivity index (χ2v) is 7.13. The smallest absolute Gasteiger partial charge is 0.339 e. The van der Waals surface area contributed by atoms with Gasteiger partial charge >= 0.3 is 5.97 Å². The minimum absolute atomic E-state index is 0.142. The Kier molecular flexibility index (Phi) is 5.14. The summed E-state index contributed by atoms with van der Waals surface area (Å²) in [6, 6.07) is 12.9. The van der Waals surface area contributed by atoms with Gasteiger partial charge in [-0.25, -0.2) is 4.79 Å². The highest BCUT2D eigenvalue weighted by Gasteiger charge is 2.27. The molecule has 0 fully saturated rings. The molecular formula is C22H19N3O5. The van der Waals surface area contributed by atoms with E-state index in [1.54, 1.807) is 0 Å². The highest BCUT2D eigenvalue weighted by molar-refractivity contribution is 6.06. The molecule has 0 spiro atoms. The SMILES string of the molecule is CC(OC(=O)c1c2c(nc3ccccc13)CCC2)C(=O)Nc1cccc([N+](=O)[O-])c1. The van der Waals surface area contributed by atoms with Crippen molar-refractivity contribution in [3.63, 3.8) is 0 Å². The zero-order valence-corrected chi connectivity index (χ0v) is 16.3. The number of anilines is 1. The number of esters is 1. The van der Waals surface area contributed by atoms with E-state index in [1.807, 2.05) is 24.3 Å². The van der Waals surface area contributed by atoms with Crippen molar-refractivity contribution >= 4 is 34.2 Å². The van der Waals surface area contributed by atoms with Crippen molar-refractivity contribution in [1.29, 1.82) is 0 Å². The molecule has 4 rings (SSSR count). The Morgan fingerprint density at radius 1 is 1.17 bits per heavy atom. The molecule has 1 amide bonds. The minimum atomic E-state index is -1.08. The van der Waals surface area contributed by atoms with E-state index in [4.69, 9.17) is 4.74 Å². The number of non-ortho nitro benzene ring substituents is 1. The topological polar surface area (TPSA) is 111 Å². The summed E-state index contributed by atoms with van der Waals surface area (Å²) in [7, 11) is 0. The van der Waals surface area contributed by atoms with Crippen LogP contribution in [0, 0.1) is 10.1 Å². The van der Waals surface area contributed by atoms with Crippen LogP contribution in [0.3, 0.4) is 0 Å². The minimum Gasteiger partial charge on any atom is -0.449 e. The van der Waals surface area contributed by atoms with Crippen LogP contribution in [0.25, 0.3) is 10.9 Å². The molecule has 1 N–H and O–H groups in total. The molecule has 0 aliphatic heterocycles. The van der Waals surface area contributed by atoms with Gasteiger partial charge in [0, 0.05) is 28.9 Å². The number of rotatable bonds is 5. The lowest BCUT2D eigenvalue weighted by Gasteiger charge is -2.16. The van der Waals surface area contributed by atoms with E-state index >= 15 is 0 Å². The van der Waals surface area contributed by atoms with Crippen molar-refractivity contribution in [2.45, 2.75) is 32.3 Å². The first-order chi connectivity index (χ1) is 14.4. The molecule has 1 aromatic heterocycles. The predicted octanol–water partition coefficient (Wildman–Crippen LogP) is 3.82. The number of ether oxygens (including phenoxy) is 1. The van der Waals surface area contributed by atoms with Crippen molar-refractivity contribution in [3.05, 3.63) is 75.5 Å². The molecular weight excluding hydrogens is 386 g/mol. The van der Waals surface area contributed by atoms with Crippen LogP contribution < -0.4 is 5.32 Å². The summed E-state index contributed by atoms with van der Waals surface area (Å²) in [6.07, 6.45) is 1.39. The van der Waals surface area contributed by atoms with Crippen LogP contribution in [0.4, 0.5) is 11.4 Å². The number of hydrogen-bond donors (Lipinski definition) is 1. The number of nitrogens with zero attached hydrogens (tertiary/aromatic N) is 2. The maximum absolute atomic E-state index is 13.0. The van der Waals surface area contributed by atoms with Gasteiger partial charge < -0.3 is 10.1 Å². The van der Waals surface area contributed by atoms with Crippen LogP contribution in [0.15, 0.2) is 48.5 Å². The largest absolute Gasteiger partial charge is 0.449 e. The van der Waals surface area contributed by atoms with Crippen molar-refractivity contribution in [2.75, 3.05) is 5.32 Å². The van der Waals surface area contributed by atoms with E-state index in [-0.39, 0.29) is 11.4 Å². The standard InChI is InChI=1S/C22H19N3O5/c1-13(21(26)23-14-6-4-7-15(12-14)25(28)29)30-22(27)20-16-8-2-3-10-18(16)24-19-11-5-9-17(19)20/h2-4,6-8,10,12-13H,5,9,11H2,1H3,(H,23,26). The van der Waals surface area contributed by atoms with Crippen molar-refractivity contribution < 1.29 is 19.2 Å². The van der Waals surface area contributed by atoms with Gasteiger partial charge in [0.25, 0.3) is 11.6 Å². The monoisotopic (exact) mass is 405 g/mol. The Morgan fingerprint density at radius 2 is 1.97 bits per heavy atom. The Hall–Kier alpha value is -3.81. The van der Waals surface area contributed by atoms with Crippen molar-refractivity contribution in [1.82, 2.24) is 4.98 Å². The zero-order valence-electron chi connectivity index (χ0n) is 16.3. The molecule has 0 radical (unpaired) electrons. The average Bonchev–Trinajstić information content (AvgIpc) is 3.19. The summed E-state index contributed by atoms with van der Waals surface area (Å²) in [5.74, 6) is -1.15. The van der Waals surface area contributed by atoms with Gasteiger partial charge in [0.05, 0.1) is 16.0 Å². The van der Waals surface area contributed by atoms with E-state index in [9.17, 15) is 19.7 Å². The molecule has 0 bridgehead atoms. The van der Waals surface area contributed by atoms with E-state index in [0.717, 1.165) is 36.0 Å². The lowest BCUT2D eigenvalue weighted by molar-refractivity contribution is -0.384. The van der Waals surface area contributed by atoms with Gasteiger partial charge in [-0.1, -0.05) is 24.3 Å². The first-order valence-corrected chi connectivity index (χ1v) is 9.61. The number of para-hydroxylation sites is 1. The lowest BCUT2D eigenvalue weighted by atomic mass is 10.0. The molecule has 1 unspecified atom stereocenters. The van der Waals surface area contributed by atoms with Crippen LogP contribution >= 0.6 is 0 Å². The number of carbonyl (C=O) groups excluding carboxylic acids is 2. The summed E-state index contributed by atoms with van der Waals surface area (Å²) in [5, 5.41) is 14.1. The molecule has 0 saturated carbocycles. The molecule has 0 saturated heterocycles. The number of hydrogen-bond acceptors (Lipinski definition) is 6. The van der Waals surface area contributed by atoms with Gasteiger partial charge in [0.2, 0.25) is 0 Å². The highest BCUT2D eigenvalue weighted by atomic mass is 16.6. The average molecular weight is 405 g/mol.